The monoisotopic (exact) mass is 347 g/mol. The molecule has 2 aromatic rings. The number of benzene rings is 1. The molecule has 1 aromatic carbocycles. The highest BCUT2D eigenvalue weighted by Crippen LogP contribution is 2.19. The molecule has 1 aromatic heterocycles. The van der Waals surface area contributed by atoms with Gasteiger partial charge in [0.05, 0.1) is 17.3 Å². The van der Waals surface area contributed by atoms with E-state index in [9.17, 15) is 4.79 Å². The largest absolute Gasteiger partial charge is 0.387 e. The Hall–Kier alpha value is -1.88. The van der Waals surface area contributed by atoms with E-state index in [2.05, 4.69) is 31.5 Å². The zero-order chi connectivity index (χ0) is 15.4. The quantitative estimate of drug-likeness (QED) is 0.886. The van der Waals surface area contributed by atoms with Crippen molar-refractivity contribution in [2.45, 2.75) is 19.9 Å². The summed E-state index contributed by atoms with van der Waals surface area (Å²) in [5.74, 6) is -0.137. The Morgan fingerprint density at radius 2 is 1.95 bits per heavy atom. The van der Waals surface area contributed by atoms with E-state index in [1.165, 1.54) is 0 Å². The Bertz CT molecular complexity index is 640. The van der Waals surface area contributed by atoms with Gasteiger partial charge in [-0.2, -0.15) is 0 Å². The Kier molecular flexibility index (Phi) is 4.96. The van der Waals surface area contributed by atoms with E-state index in [1.807, 2.05) is 44.2 Å². The molecule has 21 heavy (non-hydrogen) atoms. The van der Waals surface area contributed by atoms with Crippen molar-refractivity contribution in [3.05, 3.63) is 57.8 Å². The molecule has 0 bridgehead atoms. The summed E-state index contributed by atoms with van der Waals surface area (Å²) in [6.45, 7) is 3.86. The lowest BCUT2D eigenvalue weighted by molar-refractivity contribution is 0.0940. The van der Waals surface area contributed by atoms with Gasteiger partial charge in [0, 0.05) is 23.4 Å². The molecular weight excluding hydrogens is 330 g/mol. The number of nitrogens with zero attached hydrogens (tertiary/aromatic N) is 1. The molecule has 0 saturated carbocycles. The predicted molar refractivity (Wildman–Crippen MR) is 88.5 cm³/mol. The molecule has 4 nitrogen and oxygen atoms in total. The molecule has 0 aliphatic rings. The lowest BCUT2D eigenvalue weighted by Crippen LogP contribution is -2.27. The summed E-state index contributed by atoms with van der Waals surface area (Å²) in [4.78, 5) is 16.6. The molecule has 0 saturated heterocycles. The Labute approximate surface area is 133 Å². The highest BCUT2D eigenvalue weighted by Gasteiger charge is 2.15. The SMILES string of the molecule is CNc1cc(C)ncc1C(=O)NC(C)c1ccc(Br)cc1. The van der Waals surface area contributed by atoms with E-state index in [4.69, 9.17) is 0 Å². The molecule has 0 aliphatic heterocycles. The van der Waals surface area contributed by atoms with Crippen molar-refractivity contribution in [3.63, 3.8) is 0 Å². The average Bonchev–Trinajstić information content (AvgIpc) is 2.47. The van der Waals surface area contributed by atoms with E-state index in [-0.39, 0.29) is 11.9 Å². The van der Waals surface area contributed by atoms with Crippen LogP contribution in [0.25, 0.3) is 0 Å². The molecule has 1 amide bonds. The summed E-state index contributed by atoms with van der Waals surface area (Å²) in [6.07, 6.45) is 1.60. The molecule has 5 heteroatoms. The second-order valence-electron chi connectivity index (χ2n) is 4.87. The Morgan fingerprint density at radius 1 is 1.29 bits per heavy atom. The number of aromatic nitrogens is 1. The normalized spacial score (nSPS) is 11.8. The van der Waals surface area contributed by atoms with Gasteiger partial charge in [-0.3, -0.25) is 9.78 Å². The first kappa shape index (κ1) is 15.5. The van der Waals surface area contributed by atoms with Crippen molar-refractivity contribution < 1.29 is 4.79 Å². The number of hydrogen-bond donors (Lipinski definition) is 2. The van der Waals surface area contributed by atoms with Gasteiger partial charge in [-0.25, -0.2) is 0 Å². The zero-order valence-electron chi connectivity index (χ0n) is 12.3. The van der Waals surface area contributed by atoms with Gasteiger partial charge in [0.2, 0.25) is 0 Å². The first-order chi connectivity index (χ1) is 10.0. The highest BCUT2D eigenvalue weighted by molar-refractivity contribution is 9.10. The summed E-state index contributed by atoms with van der Waals surface area (Å²) < 4.78 is 1.02. The van der Waals surface area contributed by atoms with E-state index in [1.54, 1.807) is 13.2 Å². The lowest BCUT2D eigenvalue weighted by atomic mass is 10.1. The first-order valence-electron chi connectivity index (χ1n) is 6.72. The van der Waals surface area contributed by atoms with Crippen LogP contribution in [0.5, 0.6) is 0 Å². The van der Waals surface area contributed by atoms with Gasteiger partial charge in [0.15, 0.2) is 0 Å². The summed E-state index contributed by atoms with van der Waals surface area (Å²) in [5, 5.41) is 6.02. The summed E-state index contributed by atoms with van der Waals surface area (Å²) >= 11 is 3.40. The minimum absolute atomic E-state index is 0.0726. The number of halogens is 1. The summed E-state index contributed by atoms with van der Waals surface area (Å²) in [6, 6.07) is 9.69. The summed E-state index contributed by atoms with van der Waals surface area (Å²) in [5.41, 5.74) is 3.25. The number of nitrogens with one attached hydrogen (secondary N) is 2. The number of hydrogen-bond acceptors (Lipinski definition) is 3. The van der Waals surface area contributed by atoms with Crippen LogP contribution in [0.4, 0.5) is 5.69 Å². The fourth-order valence-corrected chi connectivity index (χ4v) is 2.32. The fraction of sp³-hybridized carbons (Fsp3) is 0.250. The van der Waals surface area contributed by atoms with Gasteiger partial charge < -0.3 is 10.6 Å². The van der Waals surface area contributed by atoms with Crippen molar-refractivity contribution in [3.8, 4) is 0 Å². The number of pyridine rings is 1. The van der Waals surface area contributed by atoms with Crippen molar-refractivity contribution in [1.82, 2.24) is 10.3 Å². The van der Waals surface area contributed by atoms with Crippen molar-refractivity contribution in [1.29, 1.82) is 0 Å². The van der Waals surface area contributed by atoms with Crippen LogP contribution in [-0.4, -0.2) is 17.9 Å². The second kappa shape index (κ2) is 6.72. The molecular formula is C16H18BrN3O. The topological polar surface area (TPSA) is 54.0 Å². The third-order valence-electron chi connectivity index (χ3n) is 3.27. The Morgan fingerprint density at radius 3 is 2.57 bits per heavy atom. The minimum Gasteiger partial charge on any atom is -0.387 e. The van der Waals surface area contributed by atoms with Gasteiger partial charge in [-0.05, 0) is 37.6 Å². The van der Waals surface area contributed by atoms with Crippen molar-refractivity contribution >= 4 is 27.5 Å². The van der Waals surface area contributed by atoms with E-state index < -0.39 is 0 Å². The maximum Gasteiger partial charge on any atom is 0.255 e. The van der Waals surface area contributed by atoms with E-state index in [0.29, 0.717) is 5.56 Å². The van der Waals surface area contributed by atoms with E-state index >= 15 is 0 Å². The number of carbonyl (C=O) groups excluding carboxylic acids is 1. The minimum atomic E-state index is -0.137. The highest BCUT2D eigenvalue weighted by atomic mass is 79.9. The number of carbonyl (C=O) groups is 1. The predicted octanol–water partition coefficient (Wildman–Crippen LogP) is 3.69. The maximum atomic E-state index is 12.4. The molecule has 1 unspecified atom stereocenters. The summed E-state index contributed by atoms with van der Waals surface area (Å²) in [7, 11) is 1.80. The van der Waals surface area contributed by atoms with Crippen LogP contribution in [0.2, 0.25) is 0 Å². The molecule has 1 atom stereocenters. The van der Waals surface area contributed by atoms with Crippen LogP contribution < -0.4 is 10.6 Å². The number of aryl methyl sites for hydroxylation is 1. The van der Waals surface area contributed by atoms with Crippen LogP contribution in [0, 0.1) is 6.92 Å². The molecule has 1 heterocycles. The number of anilines is 1. The number of rotatable bonds is 4. The molecule has 0 spiro atoms. The molecule has 0 fully saturated rings. The average molecular weight is 348 g/mol. The standard InChI is InChI=1S/C16H18BrN3O/c1-10-8-15(18-3)14(9-19-10)16(21)20-11(2)12-4-6-13(17)7-5-12/h4-9,11H,1-3H3,(H,18,19)(H,20,21). The molecule has 0 aliphatic carbocycles. The molecule has 0 radical (unpaired) electrons. The van der Waals surface area contributed by atoms with Crippen LogP contribution in [-0.2, 0) is 0 Å². The smallest absolute Gasteiger partial charge is 0.255 e. The van der Waals surface area contributed by atoms with Gasteiger partial charge in [0.25, 0.3) is 5.91 Å². The van der Waals surface area contributed by atoms with E-state index in [0.717, 1.165) is 21.4 Å². The molecule has 110 valence electrons. The Balaban J connectivity index is 2.16. The first-order valence-corrected chi connectivity index (χ1v) is 7.51. The van der Waals surface area contributed by atoms with Gasteiger partial charge in [0.1, 0.15) is 0 Å². The van der Waals surface area contributed by atoms with Crippen LogP contribution >= 0.6 is 15.9 Å². The lowest BCUT2D eigenvalue weighted by Gasteiger charge is -2.16. The van der Waals surface area contributed by atoms with Crippen LogP contribution in [0.1, 0.15) is 34.6 Å². The molecule has 2 rings (SSSR count). The van der Waals surface area contributed by atoms with Crippen LogP contribution in [0.3, 0.4) is 0 Å². The molecule has 2 N–H and O–H groups in total. The fourth-order valence-electron chi connectivity index (χ4n) is 2.06. The van der Waals surface area contributed by atoms with Crippen LogP contribution in [0.15, 0.2) is 41.0 Å². The van der Waals surface area contributed by atoms with Gasteiger partial charge in [-0.1, -0.05) is 28.1 Å². The zero-order valence-corrected chi connectivity index (χ0v) is 13.9. The van der Waals surface area contributed by atoms with Gasteiger partial charge in [-0.15, -0.1) is 0 Å². The third-order valence-corrected chi connectivity index (χ3v) is 3.80. The van der Waals surface area contributed by atoms with Crippen molar-refractivity contribution in [2.24, 2.45) is 0 Å². The van der Waals surface area contributed by atoms with Gasteiger partial charge >= 0.3 is 0 Å². The third kappa shape index (κ3) is 3.82. The van der Waals surface area contributed by atoms with Crippen molar-refractivity contribution in [2.75, 3.05) is 12.4 Å². The second-order valence-corrected chi connectivity index (χ2v) is 5.78. The number of amides is 1. The maximum absolute atomic E-state index is 12.4.